The largest absolute Gasteiger partial charge is 0.481 e. The van der Waals surface area contributed by atoms with Gasteiger partial charge in [0.1, 0.15) is 11.6 Å². The molecule has 9 rings (SSSR count). The lowest BCUT2D eigenvalue weighted by molar-refractivity contribution is -0.143. The van der Waals surface area contributed by atoms with Gasteiger partial charge >= 0.3 is 5.97 Å². The van der Waals surface area contributed by atoms with Crippen molar-refractivity contribution in [2.45, 2.75) is 127 Å². The lowest BCUT2D eigenvalue weighted by Gasteiger charge is -2.57. The summed E-state index contributed by atoms with van der Waals surface area (Å²) in [7, 11) is 2.02. The van der Waals surface area contributed by atoms with E-state index in [1.165, 1.54) is 54.5 Å². The Morgan fingerprint density at radius 2 is 1.71 bits per heavy atom. The monoisotopic (exact) mass is 665 g/mol. The van der Waals surface area contributed by atoms with Crippen LogP contribution in [0.25, 0.3) is 0 Å². The van der Waals surface area contributed by atoms with Crippen molar-refractivity contribution in [2.24, 2.45) is 30.7 Å². The lowest BCUT2D eigenvalue weighted by Crippen LogP contribution is -2.59. The number of aromatic nitrogens is 4. The smallest absolute Gasteiger partial charge is 0.306 e. The van der Waals surface area contributed by atoms with Gasteiger partial charge in [-0.05, 0) is 113 Å². The molecule has 9 heteroatoms. The predicted octanol–water partition coefficient (Wildman–Crippen LogP) is 6.66. The van der Waals surface area contributed by atoms with Gasteiger partial charge in [-0.1, -0.05) is 37.3 Å². The van der Waals surface area contributed by atoms with Crippen LogP contribution in [0.3, 0.4) is 0 Å². The van der Waals surface area contributed by atoms with Gasteiger partial charge in [0.05, 0.1) is 24.7 Å². The van der Waals surface area contributed by atoms with E-state index in [4.69, 9.17) is 9.97 Å². The van der Waals surface area contributed by atoms with E-state index < -0.39 is 5.97 Å². The highest BCUT2D eigenvalue weighted by Crippen LogP contribution is 2.49. The van der Waals surface area contributed by atoms with Crippen LogP contribution < -0.4 is 10.6 Å². The van der Waals surface area contributed by atoms with E-state index >= 15 is 0 Å². The second-order valence-electron chi connectivity index (χ2n) is 16.2. The summed E-state index contributed by atoms with van der Waals surface area (Å²) in [5.74, 6) is 3.84. The zero-order chi connectivity index (χ0) is 33.5. The average molecular weight is 666 g/mol. The first-order valence-electron chi connectivity index (χ1n) is 19.3. The number of carboxylic acids is 1. The molecule has 5 fully saturated rings. The molecule has 3 atom stereocenters. The summed E-state index contributed by atoms with van der Waals surface area (Å²) in [4.78, 5) is 25.0. The fraction of sp³-hybridized carbons (Fsp3) is 0.650. The van der Waals surface area contributed by atoms with Gasteiger partial charge in [0, 0.05) is 54.7 Å². The third kappa shape index (κ3) is 7.03. The van der Waals surface area contributed by atoms with Gasteiger partial charge in [0.25, 0.3) is 0 Å². The molecule has 6 aliphatic rings. The van der Waals surface area contributed by atoms with Gasteiger partial charge in [-0.15, -0.1) is 0 Å². The van der Waals surface area contributed by atoms with Crippen molar-refractivity contribution in [1.29, 1.82) is 0 Å². The topological polar surface area (TPSA) is 108 Å². The number of aliphatic carboxylic acids is 1. The second kappa shape index (κ2) is 14.1. The van der Waals surface area contributed by atoms with Crippen LogP contribution in [-0.4, -0.2) is 60.4 Å². The third-order valence-electron chi connectivity index (χ3n) is 13.1. The van der Waals surface area contributed by atoms with E-state index in [0.29, 0.717) is 36.5 Å². The number of nitrogens with one attached hydrogen (secondary N) is 2. The quantitative estimate of drug-likeness (QED) is 0.197. The van der Waals surface area contributed by atoms with Crippen LogP contribution in [0.4, 0.5) is 5.82 Å². The molecule has 4 heterocycles. The van der Waals surface area contributed by atoms with E-state index in [0.717, 1.165) is 81.4 Å². The molecule has 1 aromatic carbocycles. The minimum Gasteiger partial charge on any atom is -0.481 e. The molecule has 2 saturated heterocycles. The van der Waals surface area contributed by atoms with E-state index in [2.05, 4.69) is 64.1 Å². The number of hydrogen-bond acceptors (Lipinski definition) is 7. The average Bonchev–Trinajstić information content (AvgIpc) is 3.55. The number of aryl methyl sites for hydroxylation is 2. The van der Waals surface area contributed by atoms with Crippen LogP contribution in [-0.2, 0) is 31.2 Å². The summed E-state index contributed by atoms with van der Waals surface area (Å²) in [6.07, 6.45) is 18.6. The number of benzene rings is 1. The molecular weight excluding hydrogens is 610 g/mol. The normalized spacial score (nSPS) is 30.5. The maximum Gasteiger partial charge on any atom is 0.306 e. The highest BCUT2D eigenvalue weighted by Gasteiger charge is 2.47. The summed E-state index contributed by atoms with van der Waals surface area (Å²) in [6, 6.07) is 12.8. The lowest BCUT2D eigenvalue weighted by atomic mass is 9.63. The molecule has 9 nitrogen and oxygen atoms in total. The van der Waals surface area contributed by atoms with Crippen LogP contribution in [0, 0.1) is 23.7 Å². The molecule has 4 bridgehead atoms. The molecule has 0 amide bonds. The van der Waals surface area contributed by atoms with Gasteiger partial charge in [0.2, 0.25) is 0 Å². The van der Waals surface area contributed by atoms with E-state index in [-0.39, 0.29) is 12.0 Å². The van der Waals surface area contributed by atoms with Crippen molar-refractivity contribution < 1.29 is 9.90 Å². The number of carboxylic acid groups (broad SMARTS) is 1. The molecule has 0 spiro atoms. The Hall–Kier alpha value is -3.30. The minimum absolute atomic E-state index is 0.0935. The van der Waals surface area contributed by atoms with Crippen LogP contribution in [0.1, 0.15) is 118 Å². The molecule has 4 aliphatic carbocycles. The van der Waals surface area contributed by atoms with Crippen molar-refractivity contribution in [2.75, 3.05) is 11.9 Å². The van der Waals surface area contributed by atoms with Crippen LogP contribution in [0.2, 0.25) is 0 Å². The van der Waals surface area contributed by atoms with Crippen molar-refractivity contribution in [3.63, 3.8) is 0 Å². The van der Waals surface area contributed by atoms with Crippen LogP contribution >= 0.6 is 0 Å². The van der Waals surface area contributed by atoms with E-state index in [1.54, 1.807) is 0 Å². The number of rotatable bonds is 12. The first kappa shape index (κ1) is 32.9. The number of nitrogens with zero attached hydrogens (tertiary/aromatic N) is 5. The first-order valence-corrected chi connectivity index (χ1v) is 19.3. The van der Waals surface area contributed by atoms with Gasteiger partial charge < -0.3 is 15.7 Å². The Morgan fingerprint density at radius 3 is 2.37 bits per heavy atom. The molecule has 49 heavy (non-hydrogen) atoms. The van der Waals surface area contributed by atoms with Gasteiger partial charge in [-0.2, -0.15) is 5.10 Å². The predicted molar refractivity (Wildman–Crippen MR) is 191 cm³/mol. The fourth-order valence-electron chi connectivity index (χ4n) is 10.7. The standard InChI is InChI=1S/C40H55N7O2/c1-3-35(28-9-11-29(12-10-28)40(48)49)41-22-38-43-36-14-13-30(27-7-5-4-6-8-27)20-34(36)39(45-38)44-37(31-21-42-46(2)23-31)24-47-32-16-25-15-26(18-32)19-33(47)17-25/h4-8,21,23,25-26,28-30,32-33,35,37,41H,3,9-20,22,24H2,1-2H3,(H,48,49)(H,43,44,45)/t25?,26?,28?,29?,30-,32?,33?,35-,37+/m1/s1. The number of anilines is 1. The summed E-state index contributed by atoms with van der Waals surface area (Å²) in [5, 5.41) is 22.0. The Labute approximate surface area is 291 Å². The molecule has 3 N–H and O–H groups in total. The van der Waals surface area contributed by atoms with Crippen molar-refractivity contribution in [1.82, 2.24) is 30.0 Å². The maximum atomic E-state index is 11.6. The molecule has 2 aromatic heterocycles. The van der Waals surface area contributed by atoms with Gasteiger partial charge in [-0.3, -0.25) is 14.4 Å². The molecule has 262 valence electrons. The second-order valence-corrected chi connectivity index (χ2v) is 16.2. The minimum atomic E-state index is -0.638. The maximum absolute atomic E-state index is 11.6. The number of piperidine rings is 2. The molecule has 0 radical (unpaired) electrons. The summed E-state index contributed by atoms with van der Waals surface area (Å²) in [6.45, 7) is 3.84. The SMILES string of the molecule is CC[C@@H](NCc1nc2c(c(N[C@@H](CN3C4CC5CC(C4)CC3C5)c3cnn(C)c3)n1)C[C@H](c1ccccc1)CC2)C1CCC(C(=O)O)CC1. The Bertz CT molecular complexity index is 1570. The van der Waals surface area contributed by atoms with E-state index in [9.17, 15) is 9.90 Å². The summed E-state index contributed by atoms with van der Waals surface area (Å²) < 4.78 is 1.93. The molecule has 0 unspecified atom stereocenters. The zero-order valence-electron chi connectivity index (χ0n) is 29.4. The highest BCUT2D eigenvalue weighted by atomic mass is 16.4. The number of hydrogen-bond donors (Lipinski definition) is 3. The van der Waals surface area contributed by atoms with Crippen molar-refractivity contribution in [3.8, 4) is 0 Å². The third-order valence-corrected chi connectivity index (χ3v) is 13.1. The van der Waals surface area contributed by atoms with Gasteiger partial charge in [0.15, 0.2) is 0 Å². The number of fused-ring (bicyclic) bond motifs is 1. The fourth-order valence-corrected chi connectivity index (χ4v) is 10.7. The van der Waals surface area contributed by atoms with E-state index in [1.807, 2.05) is 17.9 Å². The summed E-state index contributed by atoms with van der Waals surface area (Å²) in [5.41, 5.74) is 5.09. The summed E-state index contributed by atoms with van der Waals surface area (Å²) >= 11 is 0. The Kier molecular flexibility index (Phi) is 9.49. The molecule has 3 aromatic rings. The van der Waals surface area contributed by atoms with Crippen molar-refractivity contribution >= 4 is 11.8 Å². The zero-order valence-corrected chi connectivity index (χ0v) is 29.4. The Balaban J connectivity index is 1.07. The first-order chi connectivity index (χ1) is 23.9. The van der Waals surface area contributed by atoms with Crippen LogP contribution in [0.15, 0.2) is 42.7 Å². The Morgan fingerprint density at radius 1 is 0.980 bits per heavy atom. The highest BCUT2D eigenvalue weighted by molar-refractivity contribution is 5.70. The molecule has 2 aliphatic heterocycles. The van der Waals surface area contributed by atoms with Crippen molar-refractivity contribution in [3.05, 3.63) is 70.9 Å². The molecule has 3 saturated carbocycles. The number of carbonyl (C=O) groups is 1. The van der Waals surface area contributed by atoms with Gasteiger partial charge in [-0.25, -0.2) is 9.97 Å². The van der Waals surface area contributed by atoms with Crippen LogP contribution in [0.5, 0.6) is 0 Å². The molecular formula is C40H55N7O2.